The highest BCUT2D eigenvalue weighted by Crippen LogP contribution is 2.28. The highest BCUT2D eigenvalue weighted by atomic mass is 35.5. The number of carbonyl (C=O) groups is 1. The lowest BCUT2D eigenvalue weighted by atomic mass is 9.90. The summed E-state index contributed by atoms with van der Waals surface area (Å²) < 4.78 is 26.9. The van der Waals surface area contributed by atoms with Crippen LogP contribution in [0.15, 0.2) is 53.4 Å². The van der Waals surface area contributed by atoms with E-state index in [9.17, 15) is 13.2 Å². The monoisotopic (exact) mass is 388 g/mol. The van der Waals surface area contributed by atoms with E-state index in [2.05, 4.69) is 0 Å². The van der Waals surface area contributed by atoms with Crippen LogP contribution in [-0.2, 0) is 10.0 Å². The molecular weight excluding hydrogens is 372 g/mol. The summed E-state index contributed by atoms with van der Waals surface area (Å²) in [6.07, 6.45) is 0.966. The number of hydrogen-bond acceptors (Lipinski definition) is 4. The Labute approximate surface area is 157 Å². The largest absolute Gasteiger partial charge is 0.294 e. The second kappa shape index (κ2) is 7.58. The van der Waals surface area contributed by atoms with Crippen molar-refractivity contribution < 1.29 is 13.2 Å². The summed E-state index contributed by atoms with van der Waals surface area (Å²) in [7, 11) is -3.70. The van der Waals surface area contributed by atoms with Gasteiger partial charge < -0.3 is 0 Å². The number of ketones is 1. The van der Waals surface area contributed by atoms with E-state index < -0.39 is 10.0 Å². The Bertz CT molecular complexity index is 960. The van der Waals surface area contributed by atoms with E-state index >= 15 is 0 Å². The number of Topliss-reactive ketones (excluding diaryl/α,β-unsaturated/α-hetero) is 1. The van der Waals surface area contributed by atoms with Gasteiger partial charge in [-0.2, -0.15) is 9.57 Å². The van der Waals surface area contributed by atoms with Crippen molar-refractivity contribution in [2.24, 2.45) is 5.92 Å². The lowest BCUT2D eigenvalue weighted by molar-refractivity contribution is 0.0875. The van der Waals surface area contributed by atoms with Crippen molar-refractivity contribution in [2.45, 2.75) is 17.7 Å². The molecule has 0 saturated carbocycles. The molecule has 0 spiro atoms. The minimum Gasteiger partial charge on any atom is -0.294 e. The highest BCUT2D eigenvalue weighted by Gasteiger charge is 2.32. The minimum absolute atomic E-state index is 0.0593. The third kappa shape index (κ3) is 3.65. The lowest BCUT2D eigenvalue weighted by Crippen LogP contribution is -2.40. The zero-order valence-corrected chi connectivity index (χ0v) is 15.5. The first-order valence-corrected chi connectivity index (χ1v) is 10.0. The van der Waals surface area contributed by atoms with Gasteiger partial charge in [0.05, 0.1) is 15.5 Å². The number of carbonyl (C=O) groups excluding carboxylic acids is 1. The molecule has 0 atom stereocenters. The Kier molecular flexibility index (Phi) is 5.42. The third-order valence-corrected chi connectivity index (χ3v) is 6.79. The second-order valence-electron chi connectivity index (χ2n) is 6.16. The van der Waals surface area contributed by atoms with E-state index in [0.717, 1.165) is 0 Å². The summed E-state index contributed by atoms with van der Waals surface area (Å²) >= 11 is 5.96. The minimum atomic E-state index is -3.70. The third-order valence-electron chi connectivity index (χ3n) is 4.58. The van der Waals surface area contributed by atoms with E-state index in [1.165, 1.54) is 22.5 Å². The van der Waals surface area contributed by atoms with E-state index in [0.29, 0.717) is 18.4 Å². The summed E-state index contributed by atoms with van der Waals surface area (Å²) in [6.45, 7) is 0.562. The fourth-order valence-corrected chi connectivity index (χ4v) is 4.88. The van der Waals surface area contributed by atoms with Crippen molar-refractivity contribution in [3.05, 3.63) is 64.7 Å². The van der Waals surface area contributed by atoms with Gasteiger partial charge in [-0.05, 0) is 31.0 Å². The van der Waals surface area contributed by atoms with Gasteiger partial charge in [0, 0.05) is 24.6 Å². The van der Waals surface area contributed by atoms with Crippen molar-refractivity contribution in [1.29, 1.82) is 5.26 Å². The van der Waals surface area contributed by atoms with E-state index in [1.807, 2.05) is 24.3 Å². The van der Waals surface area contributed by atoms with Crippen molar-refractivity contribution in [3.8, 4) is 6.07 Å². The maximum atomic E-state index is 12.8. The number of benzene rings is 2. The van der Waals surface area contributed by atoms with Crippen LogP contribution in [0.25, 0.3) is 0 Å². The van der Waals surface area contributed by atoms with Crippen molar-refractivity contribution >= 4 is 27.4 Å². The Hall–Kier alpha value is -2.20. The summed E-state index contributed by atoms with van der Waals surface area (Å²) in [5.74, 6) is -0.113. The summed E-state index contributed by atoms with van der Waals surface area (Å²) in [5.41, 5.74) is 0.894. The molecule has 2 aromatic carbocycles. The van der Waals surface area contributed by atoms with Crippen LogP contribution >= 0.6 is 11.6 Å². The Morgan fingerprint density at radius 2 is 1.77 bits per heavy atom. The van der Waals surface area contributed by atoms with Crippen LogP contribution in [0.5, 0.6) is 0 Å². The fourth-order valence-electron chi connectivity index (χ4n) is 3.09. The van der Waals surface area contributed by atoms with Gasteiger partial charge >= 0.3 is 0 Å². The first-order chi connectivity index (χ1) is 12.4. The van der Waals surface area contributed by atoms with Gasteiger partial charge in [-0.1, -0.05) is 41.9 Å². The van der Waals surface area contributed by atoms with Crippen LogP contribution in [0.2, 0.25) is 5.02 Å². The number of rotatable bonds is 4. The summed E-state index contributed by atoms with van der Waals surface area (Å²) in [4.78, 5) is 12.6. The van der Waals surface area contributed by atoms with Crippen LogP contribution in [0.4, 0.5) is 0 Å². The molecule has 1 fully saturated rings. The molecule has 1 aliphatic heterocycles. The molecule has 1 saturated heterocycles. The Morgan fingerprint density at radius 1 is 1.12 bits per heavy atom. The first kappa shape index (κ1) is 18.6. The topological polar surface area (TPSA) is 78.2 Å². The predicted molar refractivity (Wildman–Crippen MR) is 98.4 cm³/mol. The number of piperidine rings is 1. The second-order valence-corrected chi connectivity index (χ2v) is 8.51. The number of nitrogens with zero attached hydrogens (tertiary/aromatic N) is 2. The average Bonchev–Trinajstić information content (AvgIpc) is 2.68. The number of sulfonamides is 1. The van der Waals surface area contributed by atoms with Crippen LogP contribution in [0.1, 0.15) is 28.8 Å². The van der Waals surface area contributed by atoms with Crippen LogP contribution < -0.4 is 0 Å². The van der Waals surface area contributed by atoms with Crippen LogP contribution in [0.3, 0.4) is 0 Å². The van der Waals surface area contributed by atoms with Gasteiger partial charge in [0.2, 0.25) is 10.0 Å². The molecule has 3 rings (SSSR count). The van der Waals surface area contributed by atoms with E-state index in [1.54, 1.807) is 12.1 Å². The standard InChI is InChI=1S/C19H17ClN2O3S/c20-18-12-17(7-6-16(18)13-21)26(24,25)22-10-8-15(9-11-22)19(23)14-4-2-1-3-5-14/h1-7,12,15H,8-11H2. The molecule has 0 radical (unpaired) electrons. The maximum Gasteiger partial charge on any atom is 0.243 e. The average molecular weight is 389 g/mol. The molecule has 5 nitrogen and oxygen atoms in total. The molecule has 0 aromatic heterocycles. The molecule has 0 bridgehead atoms. The number of nitriles is 1. The van der Waals surface area contributed by atoms with Gasteiger partial charge in [-0.3, -0.25) is 4.79 Å². The molecule has 0 aliphatic carbocycles. The molecule has 1 heterocycles. The summed E-state index contributed by atoms with van der Waals surface area (Å²) in [6, 6.07) is 15.1. The fraction of sp³-hybridized carbons (Fsp3) is 0.263. The Morgan fingerprint density at radius 3 is 2.35 bits per heavy atom. The first-order valence-electron chi connectivity index (χ1n) is 8.22. The van der Waals surface area contributed by atoms with Crippen molar-refractivity contribution in [3.63, 3.8) is 0 Å². The zero-order valence-electron chi connectivity index (χ0n) is 13.9. The number of halogens is 1. The SMILES string of the molecule is N#Cc1ccc(S(=O)(=O)N2CCC(C(=O)c3ccccc3)CC2)cc1Cl. The Balaban J connectivity index is 1.72. The molecular formula is C19H17ClN2O3S. The smallest absolute Gasteiger partial charge is 0.243 e. The van der Waals surface area contributed by atoms with Gasteiger partial charge in [-0.25, -0.2) is 8.42 Å². The van der Waals surface area contributed by atoms with E-state index in [-0.39, 0.29) is 40.3 Å². The molecule has 0 N–H and O–H groups in total. The molecule has 2 aromatic rings. The maximum absolute atomic E-state index is 12.8. The van der Waals surface area contributed by atoms with E-state index in [4.69, 9.17) is 16.9 Å². The van der Waals surface area contributed by atoms with Gasteiger partial charge in [-0.15, -0.1) is 0 Å². The highest BCUT2D eigenvalue weighted by molar-refractivity contribution is 7.89. The normalized spacial score (nSPS) is 16.2. The molecule has 7 heteroatoms. The van der Waals surface area contributed by atoms with Gasteiger partial charge in [0.15, 0.2) is 5.78 Å². The van der Waals surface area contributed by atoms with Crippen LogP contribution in [0, 0.1) is 17.2 Å². The molecule has 134 valence electrons. The summed E-state index contributed by atoms with van der Waals surface area (Å²) in [5, 5.41) is 9.02. The zero-order chi connectivity index (χ0) is 18.7. The predicted octanol–water partition coefficient (Wildman–Crippen LogP) is 3.50. The quantitative estimate of drug-likeness (QED) is 0.751. The van der Waals surface area contributed by atoms with Gasteiger partial charge in [0.1, 0.15) is 6.07 Å². The lowest BCUT2D eigenvalue weighted by Gasteiger charge is -2.30. The van der Waals surface area contributed by atoms with Crippen molar-refractivity contribution in [1.82, 2.24) is 4.31 Å². The molecule has 1 aliphatic rings. The molecule has 0 unspecified atom stereocenters. The molecule has 0 amide bonds. The van der Waals surface area contributed by atoms with Gasteiger partial charge in [0.25, 0.3) is 0 Å². The van der Waals surface area contributed by atoms with Crippen molar-refractivity contribution in [2.75, 3.05) is 13.1 Å². The number of hydrogen-bond donors (Lipinski definition) is 0. The molecule has 26 heavy (non-hydrogen) atoms. The van der Waals surface area contributed by atoms with Crippen LogP contribution in [-0.4, -0.2) is 31.6 Å².